The molecule has 0 aromatic rings. The minimum Gasteiger partial charge on any atom is -0.300 e. The molecule has 0 spiro atoms. The normalized spacial score (nSPS) is 10.3. The largest absolute Gasteiger partial charge is 0.300 e. The molecule has 1 nitrogen and oxygen atoms in total. The molecule has 0 saturated heterocycles. The van der Waals surface area contributed by atoms with E-state index in [0.717, 1.165) is 6.42 Å². The Bertz CT molecular complexity index is 546. The van der Waals surface area contributed by atoms with Gasteiger partial charge in [-0.15, -0.1) is 0 Å². The van der Waals surface area contributed by atoms with Crippen LogP contribution in [0.3, 0.4) is 0 Å². The molecule has 0 fully saturated rings. The van der Waals surface area contributed by atoms with Crippen molar-refractivity contribution in [3.05, 3.63) is 86.4 Å². The van der Waals surface area contributed by atoms with E-state index < -0.39 is 0 Å². The predicted molar refractivity (Wildman–Crippen MR) is 116 cm³/mol. The molecule has 8 radical (unpaired) electrons. The third kappa shape index (κ3) is 54.7. The van der Waals surface area contributed by atoms with Crippen LogP contribution < -0.4 is 0 Å². The van der Waals surface area contributed by atoms with Gasteiger partial charge in [-0.25, -0.2) is 12.8 Å². The van der Waals surface area contributed by atoms with Gasteiger partial charge in [-0.2, -0.15) is 24.3 Å². The van der Waals surface area contributed by atoms with E-state index in [1.165, 1.54) is 0 Å². The van der Waals surface area contributed by atoms with Gasteiger partial charge in [0.25, 0.3) is 0 Å². The van der Waals surface area contributed by atoms with Crippen LogP contribution in [0.5, 0.6) is 0 Å². The molecule has 0 aromatic carbocycles. The van der Waals surface area contributed by atoms with Crippen LogP contribution in [0, 0.1) is 36.5 Å². The molecule has 0 aliphatic rings. The number of Topliss-reactive ketones (excluding diaryl/α,β-unsaturated/α-hetero) is 1. The summed E-state index contributed by atoms with van der Waals surface area (Å²) >= 11 is 0. The zero-order valence-electron chi connectivity index (χ0n) is 22.0. The number of rotatable bonds is 12. The number of carbonyl (C=O) groups is 1. The summed E-state index contributed by atoms with van der Waals surface area (Å²) in [5.74, 6) is 0.252. The molecule has 0 heterocycles. The van der Waals surface area contributed by atoms with Crippen molar-refractivity contribution < 1.29 is 266 Å². The van der Waals surface area contributed by atoms with E-state index in [4.69, 9.17) is 0 Å². The quantitative estimate of drug-likeness (QED) is 0.193. The molecule has 0 aromatic heterocycles. The maximum Gasteiger partial charge on any atom is 0.129 e. The summed E-state index contributed by atoms with van der Waals surface area (Å²) in [7, 11) is 0. The number of hydrogen-bond donors (Lipinski definition) is 0. The molecule has 0 unspecified atom stereocenters. The Balaban J connectivity index is -0.000000112. The van der Waals surface area contributed by atoms with E-state index in [0.29, 0.717) is 6.42 Å². The zero-order chi connectivity index (χ0) is 19.9. The van der Waals surface area contributed by atoms with E-state index in [9.17, 15) is 4.79 Å². The fourth-order valence-corrected chi connectivity index (χ4v) is 1.88. The van der Waals surface area contributed by atoms with Crippen LogP contribution in [0.2, 0.25) is 0 Å². The third-order valence-corrected chi connectivity index (χ3v) is 3.49. The topological polar surface area (TPSA) is 17.1 Å². The summed E-state index contributed by atoms with van der Waals surface area (Å²) in [4.78, 5) is 11.1. The first kappa shape index (κ1) is 63.8. The van der Waals surface area contributed by atoms with Crippen LogP contribution in [0.15, 0.2) is 60.8 Å². The fourth-order valence-electron chi connectivity index (χ4n) is 1.88. The van der Waals surface area contributed by atoms with Crippen molar-refractivity contribution in [2.45, 2.75) is 54.4 Å². The molecule has 0 aliphatic carbocycles. The Kier molecular flexibility index (Phi) is 78.5. The van der Waals surface area contributed by atoms with Crippen molar-refractivity contribution >= 4 is 5.78 Å². The van der Waals surface area contributed by atoms with Crippen molar-refractivity contribution in [3.8, 4) is 0 Å². The molecule has 0 N–H and O–H groups in total. The Morgan fingerprint density at radius 1 is 0.559 bits per heavy atom. The molecular formula is C25H36OY8-4. The Morgan fingerprint density at radius 3 is 1.15 bits per heavy atom. The van der Waals surface area contributed by atoms with E-state index >= 15 is 0 Å². The first-order valence-electron chi connectivity index (χ1n) is 9.32. The van der Waals surface area contributed by atoms with E-state index in [1.807, 2.05) is 68.2 Å². The summed E-state index contributed by atoms with van der Waals surface area (Å²) < 4.78 is 0. The smallest absolute Gasteiger partial charge is 0.129 e. The molecule has 0 rings (SSSR count). The molecule has 9 heteroatoms. The van der Waals surface area contributed by atoms with Gasteiger partial charge in [-0.1, -0.05) is 45.4 Å². The first-order chi connectivity index (χ1) is 12.1. The number of allylic oxidation sites excluding steroid dienone is 10. The molecule has 0 amide bonds. The van der Waals surface area contributed by atoms with Gasteiger partial charge in [0.1, 0.15) is 5.78 Å². The van der Waals surface area contributed by atoms with Gasteiger partial charge in [0.15, 0.2) is 0 Å². The van der Waals surface area contributed by atoms with Gasteiger partial charge in [0.2, 0.25) is 0 Å². The molecule has 170 valence electrons. The maximum absolute atomic E-state index is 11.1. The zero-order valence-corrected chi connectivity index (χ0v) is 44.7. The minimum absolute atomic E-state index is 0. The standard InChI is InChI=1S/C25H36O.8Y/c1-23(26)19-22-25(5,6)21-18-16-14-12-10-8-7-9-11-13-15-17-20-24(2,3)4;;;;;;;;/h7-18,20-21H,19,22H2,1-6H3;;;;;;;;/q-4;;;;;;;;/b8-7-,13-11-,14-12-,20-17-,21-18-;;;;;;;;. The Labute approximate surface area is 413 Å². The van der Waals surface area contributed by atoms with Crippen molar-refractivity contribution in [2.75, 3.05) is 0 Å². The third-order valence-electron chi connectivity index (χ3n) is 3.49. The van der Waals surface area contributed by atoms with Gasteiger partial charge >= 0.3 is 0 Å². The Morgan fingerprint density at radius 2 is 0.853 bits per heavy atom. The van der Waals surface area contributed by atoms with Crippen molar-refractivity contribution in [1.29, 1.82) is 0 Å². The second-order valence-corrected chi connectivity index (χ2v) is 8.20. The van der Waals surface area contributed by atoms with Gasteiger partial charge in [0.05, 0.1) is 0 Å². The van der Waals surface area contributed by atoms with Crippen LogP contribution in [0.1, 0.15) is 54.4 Å². The van der Waals surface area contributed by atoms with Gasteiger partial charge < -0.3 is 4.79 Å². The van der Waals surface area contributed by atoms with E-state index in [-0.39, 0.29) is 278 Å². The van der Waals surface area contributed by atoms with Gasteiger partial charge in [0, 0.05) is 268 Å². The predicted octanol–water partition coefficient (Wildman–Crippen LogP) is 7.01. The number of ketones is 1. The summed E-state index contributed by atoms with van der Waals surface area (Å²) in [6.45, 7) is 12.5. The number of hydrogen-bond acceptors (Lipinski definition) is 1. The van der Waals surface area contributed by atoms with Crippen molar-refractivity contribution in [2.24, 2.45) is 10.8 Å². The number of carbonyl (C=O) groups excluding carboxylic acids is 1. The average molecular weight is 1060 g/mol. The maximum atomic E-state index is 11.1. The van der Waals surface area contributed by atoms with E-state index in [2.05, 4.69) is 52.8 Å². The summed E-state index contributed by atoms with van der Waals surface area (Å²) in [5.41, 5.74) is 0.284. The first-order valence-corrected chi connectivity index (χ1v) is 9.32. The second-order valence-electron chi connectivity index (χ2n) is 8.20. The van der Waals surface area contributed by atoms with Crippen LogP contribution in [-0.2, 0) is 266 Å². The van der Waals surface area contributed by atoms with Crippen LogP contribution in [0.25, 0.3) is 0 Å². The molecule has 0 saturated carbocycles. The second kappa shape index (κ2) is 41.8. The van der Waals surface area contributed by atoms with Crippen LogP contribution in [0.4, 0.5) is 0 Å². The molecule has 34 heavy (non-hydrogen) atoms. The van der Waals surface area contributed by atoms with Gasteiger partial charge in [-0.05, 0) is 13.3 Å². The van der Waals surface area contributed by atoms with E-state index in [1.54, 1.807) is 6.92 Å². The summed E-state index contributed by atoms with van der Waals surface area (Å²) in [6.07, 6.45) is 30.1. The average Bonchev–Trinajstić information content (AvgIpc) is 2.52. The molecule has 0 atom stereocenters. The van der Waals surface area contributed by atoms with Crippen molar-refractivity contribution in [3.63, 3.8) is 0 Å². The SMILES string of the molecule is CC(=O)CCC(C)(C)/C=C\[CH-]/C=C\[CH-]/C=C\[CH-]/C=C\[CH-]/C=C\C(C)(C)C.[Y].[Y].[Y].[Y].[Y].[Y].[Y].[Y]. The minimum atomic E-state index is 0. The van der Waals surface area contributed by atoms with Gasteiger partial charge in [-0.3, -0.25) is 49.3 Å². The van der Waals surface area contributed by atoms with Crippen molar-refractivity contribution in [1.82, 2.24) is 0 Å². The molecular weight excluding hydrogens is 1030 g/mol. The monoisotopic (exact) mass is 1060 g/mol. The molecule has 0 bridgehead atoms. The Hall–Kier alpha value is 6.68. The van der Waals surface area contributed by atoms with Crippen LogP contribution in [-0.4, -0.2) is 5.78 Å². The van der Waals surface area contributed by atoms with Crippen LogP contribution >= 0.6 is 0 Å². The summed E-state index contributed by atoms with van der Waals surface area (Å²) in [6, 6.07) is 0. The summed E-state index contributed by atoms with van der Waals surface area (Å²) in [5, 5.41) is 0. The fraction of sp³-hybridized carbons (Fsp3) is 0.400. The molecule has 0 aliphatic heterocycles.